The zero-order valence-electron chi connectivity index (χ0n) is 7.81. The van der Waals surface area contributed by atoms with Crippen LogP contribution in [-0.2, 0) is 0 Å². The van der Waals surface area contributed by atoms with Gasteiger partial charge in [0.25, 0.3) is 5.91 Å². The summed E-state index contributed by atoms with van der Waals surface area (Å²) in [7, 11) is 0. The number of hydrogen-bond acceptors (Lipinski definition) is 4. The Labute approximate surface area is 85.7 Å². The van der Waals surface area contributed by atoms with E-state index in [1.54, 1.807) is 12.1 Å². The monoisotopic (exact) mass is 203 g/mol. The van der Waals surface area contributed by atoms with Gasteiger partial charge >= 0.3 is 0 Å². The number of benzene rings is 1. The molecule has 1 amide bonds. The van der Waals surface area contributed by atoms with Gasteiger partial charge in [-0.25, -0.2) is 0 Å². The summed E-state index contributed by atoms with van der Waals surface area (Å²) in [6.45, 7) is 0. The summed E-state index contributed by atoms with van der Waals surface area (Å²) in [5.41, 5.74) is 11.9. The zero-order chi connectivity index (χ0) is 10.8. The minimum absolute atomic E-state index is 0.0543. The molecular weight excluding hydrogens is 194 g/mol. The number of carbonyl (C=O) groups excluding carboxylic acids is 1. The van der Waals surface area contributed by atoms with E-state index in [2.05, 4.69) is 5.16 Å². The highest BCUT2D eigenvalue weighted by Crippen LogP contribution is 2.25. The number of nitrogen functional groups attached to an aromatic ring is 1. The molecule has 1 aromatic heterocycles. The summed E-state index contributed by atoms with van der Waals surface area (Å²) < 4.78 is 4.74. The van der Waals surface area contributed by atoms with Crippen molar-refractivity contribution in [2.45, 2.75) is 0 Å². The van der Waals surface area contributed by atoms with E-state index in [9.17, 15) is 4.79 Å². The molecule has 0 atom stereocenters. The Kier molecular flexibility index (Phi) is 2.13. The second-order valence-corrected chi connectivity index (χ2v) is 3.00. The molecule has 1 aromatic carbocycles. The lowest BCUT2D eigenvalue weighted by molar-refractivity contribution is 0.100. The maximum absolute atomic E-state index is 11.1. The van der Waals surface area contributed by atoms with E-state index in [0.717, 1.165) is 5.56 Å². The predicted octanol–water partition coefficient (Wildman–Crippen LogP) is 1.02. The van der Waals surface area contributed by atoms with E-state index in [4.69, 9.17) is 16.0 Å². The second kappa shape index (κ2) is 3.45. The molecule has 2 aromatic rings. The van der Waals surface area contributed by atoms with E-state index < -0.39 is 5.91 Å². The van der Waals surface area contributed by atoms with Gasteiger partial charge < -0.3 is 16.0 Å². The van der Waals surface area contributed by atoms with E-state index in [0.29, 0.717) is 5.69 Å². The van der Waals surface area contributed by atoms with Gasteiger partial charge in [-0.2, -0.15) is 0 Å². The Hall–Kier alpha value is -2.30. The summed E-state index contributed by atoms with van der Waals surface area (Å²) in [6, 6.07) is 9.10. The molecule has 2 rings (SSSR count). The largest absolute Gasteiger partial charge is 0.367 e. The molecule has 0 bridgehead atoms. The Bertz CT molecular complexity index is 491. The Morgan fingerprint density at radius 2 is 1.93 bits per heavy atom. The van der Waals surface area contributed by atoms with Crippen LogP contribution in [0, 0.1) is 0 Å². The number of aromatic nitrogens is 1. The van der Waals surface area contributed by atoms with Gasteiger partial charge in [0, 0.05) is 5.56 Å². The van der Waals surface area contributed by atoms with Gasteiger partial charge in [-0.05, 0) is 0 Å². The molecular formula is C10H9N3O2. The fourth-order valence-electron chi connectivity index (χ4n) is 1.33. The minimum Gasteiger partial charge on any atom is -0.367 e. The first-order valence-electron chi connectivity index (χ1n) is 4.30. The third-order valence-electron chi connectivity index (χ3n) is 2.01. The van der Waals surface area contributed by atoms with E-state index in [-0.39, 0.29) is 11.4 Å². The van der Waals surface area contributed by atoms with E-state index in [1.165, 1.54) is 0 Å². The van der Waals surface area contributed by atoms with Crippen LogP contribution in [0.2, 0.25) is 0 Å². The van der Waals surface area contributed by atoms with Crippen molar-refractivity contribution < 1.29 is 9.32 Å². The summed E-state index contributed by atoms with van der Waals surface area (Å²) in [6.07, 6.45) is 0. The number of anilines is 1. The molecule has 0 aliphatic rings. The first-order chi connectivity index (χ1) is 7.20. The van der Waals surface area contributed by atoms with Gasteiger partial charge in [-0.3, -0.25) is 4.79 Å². The van der Waals surface area contributed by atoms with Crippen molar-refractivity contribution >= 4 is 11.8 Å². The third-order valence-corrected chi connectivity index (χ3v) is 2.01. The number of nitrogens with two attached hydrogens (primary N) is 2. The molecule has 0 aliphatic heterocycles. The number of hydrogen-bond donors (Lipinski definition) is 2. The first-order valence-corrected chi connectivity index (χ1v) is 4.30. The van der Waals surface area contributed by atoms with Crippen LogP contribution in [0.25, 0.3) is 11.3 Å². The molecule has 0 aliphatic carbocycles. The summed E-state index contributed by atoms with van der Waals surface area (Å²) in [5, 5.41) is 3.71. The number of nitrogens with zero attached hydrogens (tertiary/aromatic N) is 1. The van der Waals surface area contributed by atoms with Crippen LogP contribution in [0.5, 0.6) is 0 Å². The van der Waals surface area contributed by atoms with Crippen LogP contribution in [0.1, 0.15) is 10.4 Å². The van der Waals surface area contributed by atoms with Gasteiger partial charge in [0.15, 0.2) is 0 Å². The molecule has 0 unspecified atom stereocenters. The van der Waals surface area contributed by atoms with Gasteiger partial charge in [-0.1, -0.05) is 35.5 Å². The highest BCUT2D eigenvalue weighted by molar-refractivity contribution is 6.02. The topological polar surface area (TPSA) is 95.1 Å². The molecule has 1 heterocycles. The highest BCUT2D eigenvalue weighted by atomic mass is 16.5. The summed E-state index contributed by atoms with van der Waals surface area (Å²) in [5.74, 6) is -0.700. The van der Waals surface area contributed by atoms with Crippen LogP contribution >= 0.6 is 0 Å². The average molecular weight is 203 g/mol. The van der Waals surface area contributed by atoms with Gasteiger partial charge in [0.2, 0.25) is 5.88 Å². The number of primary amides is 1. The van der Waals surface area contributed by atoms with Crippen LogP contribution in [-0.4, -0.2) is 11.1 Å². The maximum Gasteiger partial charge on any atom is 0.256 e. The second-order valence-electron chi connectivity index (χ2n) is 3.00. The molecule has 4 N–H and O–H groups in total. The lowest BCUT2D eigenvalue weighted by Gasteiger charge is -1.97. The van der Waals surface area contributed by atoms with Crippen LogP contribution in [0.3, 0.4) is 0 Å². The van der Waals surface area contributed by atoms with Crippen molar-refractivity contribution in [3.63, 3.8) is 0 Å². The van der Waals surface area contributed by atoms with Crippen LogP contribution in [0.15, 0.2) is 34.9 Å². The van der Waals surface area contributed by atoms with Crippen LogP contribution in [0.4, 0.5) is 5.88 Å². The predicted molar refractivity (Wildman–Crippen MR) is 54.9 cm³/mol. The van der Waals surface area contributed by atoms with Crippen molar-refractivity contribution in [1.82, 2.24) is 5.16 Å². The Morgan fingerprint density at radius 3 is 2.53 bits per heavy atom. The summed E-state index contributed by atoms with van der Waals surface area (Å²) in [4.78, 5) is 11.1. The average Bonchev–Trinajstić information content (AvgIpc) is 2.61. The third kappa shape index (κ3) is 1.54. The highest BCUT2D eigenvalue weighted by Gasteiger charge is 2.19. The minimum atomic E-state index is -0.646. The van der Waals surface area contributed by atoms with Crippen molar-refractivity contribution in [2.75, 3.05) is 5.73 Å². The van der Waals surface area contributed by atoms with Gasteiger partial charge in [0.05, 0.1) is 0 Å². The molecule has 0 radical (unpaired) electrons. The summed E-state index contributed by atoms with van der Waals surface area (Å²) >= 11 is 0. The molecule has 15 heavy (non-hydrogen) atoms. The lowest BCUT2D eigenvalue weighted by Crippen LogP contribution is -2.13. The van der Waals surface area contributed by atoms with Gasteiger partial charge in [-0.15, -0.1) is 0 Å². The normalized spacial score (nSPS) is 10.1. The Morgan fingerprint density at radius 1 is 1.27 bits per heavy atom. The molecule has 5 nitrogen and oxygen atoms in total. The van der Waals surface area contributed by atoms with Crippen molar-refractivity contribution in [3.05, 3.63) is 35.9 Å². The molecule has 0 saturated carbocycles. The standard InChI is InChI=1S/C10H9N3O2/c11-9(14)7-8(13-15-10(7)12)6-4-2-1-3-5-6/h1-5H,12H2,(H2,11,14). The Balaban J connectivity index is 2.59. The zero-order valence-corrected chi connectivity index (χ0v) is 7.81. The van der Waals surface area contributed by atoms with Crippen molar-refractivity contribution in [2.24, 2.45) is 5.73 Å². The molecule has 76 valence electrons. The van der Waals surface area contributed by atoms with E-state index >= 15 is 0 Å². The fraction of sp³-hybridized carbons (Fsp3) is 0. The van der Waals surface area contributed by atoms with Crippen molar-refractivity contribution in [1.29, 1.82) is 0 Å². The van der Waals surface area contributed by atoms with Crippen molar-refractivity contribution in [3.8, 4) is 11.3 Å². The lowest BCUT2D eigenvalue weighted by atomic mass is 10.1. The molecule has 0 fully saturated rings. The number of rotatable bonds is 2. The maximum atomic E-state index is 11.1. The van der Waals surface area contributed by atoms with Gasteiger partial charge in [0.1, 0.15) is 11.3 Å². The molecule has 0 spiro atoms. The first kappa shape index (κ1) is 9.26. The SMILES string of the molecule is NC(=O)c1c(-c2ccccc2)noc1N. The quantitative estimate of drug-likeness (QED) is 0.761. The smallest absolute Gasteiger partial charge is 0.256 e. The van der Waals surface area contributed by atoms with E-state index in [1.807, 2.05) is 18.2 Å². The van der Waals surface area contributed by atoms with Crippen LogP contribution < -0.4 is 11.5 Å². The number of carbonyl (C=O) groups is 1. The fourth-order valence-corrected chi connectivity index (χ4v) is 1.33. The number of amides is 1. The molecule has 0 saturated heterocycles. The molecule has 5 heteroatoms.